The van der Waals surface area contributed by atoms with E-state index in [0.717, 1.165) is 11.6 Å². The van der Waals surface area contributed by atoms with Gasteiger partial charge in [-0.15, -0.1) is 0 Å². The van der Waals surface area contributed by atoms with Crippen LogP contribution in [0.2, 0.25) is 0 Å². The van der Waals surface area contributed by atoms with E-state index in [9.17, 15) is 19.7 Å². The van der Waals surface area contributed by atoms with E-state index >= 15 is 0 Å². The minimum absolute atomic E-state index is 0.0276. The molecule has 1 fully saturated rings. The summed E-state index contributed by atoms with van der Waals surface area (Å²) in [6.45, 7) is 0.398. The van der Waals surface area contributed by atoms with Crippen LogP contribution in [0.5, 0.6) is 17.2 Å². The number of fused-ring (bicyclic) bond motifs is 1. The third-order valence-electron chi connectivity index (χ3n) is 4.83. The highest BCUT2D eigenvalue weighted by Crippen LogP contribution is 2.36. The number of hydrogen-bond donors (Lipinski definition) is 1. The lowest BCUT2D eigenvalue weighted by molar-refractivity contribution is -0.384. The van der Waals surface area contributed by atoms with Crippen LogP contribution in [0.4, 0.5) is 5.69 Å². The molecule has 2 aromatic rings. The van der Waals surface area contributed by atoms with Gasteiger partial charge in [0.25, 0.3) is 17.5 Å². The summed E-state index contributed by atoms with van der Waals surface area (Å²) in [4.78, 5) is 37.6. The molecule has 2 aromatic carbocycles. The fourth-order valence-electron chi connectivity index (χ4n) is 3.21. The lowest BCUT2D eigenvalue weighted by Crippen LogP contribution is -2.37. The van der Waals surface area contributed by atoms with Gasteiger partial charge in [0, 0.05) is 25.2 Å². The lowest BCUT2D eigenvalue weighted by atomic mass is 10.1. The number of amides is 2. The molecule has 2 heterocycles. The van der Waals surface area contributed by atoms with Gasteiger partial charge >= 0.3 is 0 Å². The van der Waals surface area contributed by atoms with Crippen LogP contribution < -0.4 is 19.5 Å². The second-order valence-electron chi connectivity index (χ2n) is 6.84. The highest BCUT2D eigenvalue weighted by molar-refractivity contribution is 8.26. The topological polar surface area (TPSA) is 120 Å². The number of nitrogens with one attached hydrogen (secondary N) is 1. The van der Waals surface area contributed by atoms with Gasteiger partial charge in [-0.05, 0) is 29.8 Å². The van der Waals surface area contributed by atoms with Crippen molar-refractivity contribution in [2.24, 2.45) is 0 Å². The number of hydrogen-bond acceptors (Lipinski definition) is 9. The Morgan fingerprint density at radius 3 is 2.85 bits per heavy atom. The highest BCUT2D eigenvalue weighted by Gasteiger charge is 2.32. The molecule has 10 nitrogen and oxygen atoms in total. The average Bonchev–Trinajstić information content (AvgIpc) is 3.37. The molecule has 12 heteroatoms. The molecule has 0 radical (unpaired) electrons. The van der Waals surface area contributed by atoms with E-state index in [1.165, 1.54) is 35.9 Å². The fourth-order valence-corrected chi connectivity index (χ4v) is 4.52. The van der Waals surface area contributed by atoms with E-state index in [-0.39, 0.29) is 42.8 Å². The van der Waals surface area contributed by atoms with E-state index in [1.807, 2.05) is 6.07 Å². The van der Waals surface area contributed by atoms with Crippen molar-refractivity contribution >= 4 is 51.9 Å². The first-order valence-electron chi connectivity index (χ1n) is 9.63. The Bertz CT molecular complexity index is 1200. The largest absolute Gasteiger partial charge is 0.496 e. The van der Waals surface area contributed by atoms with E-state index in [0.29, 0.717) is 20.7 Å². The second-order valence-corrected chi connectivity index (χ2v) is 8.52. The standard InChI is InChI=1S/C21H17N3O7S2/c1-29-15-5-3-13(24(27)28)10-14(15)19(25)22-6-7-23-20(26)18(33-21(23)32)9-12-2-4-16-17(8-12)31-11-30-16/h2-5,8-10H,6-7,11H2,1H3,(H,22,25)/b18-9+. The summed E-state index contributed by atoms with van der Waals surface area (Å²) >= 11 is 6.49. The molecule has 0 spiro atoms. The first-order valence-corrected chi connectivity index (χ1v) is 10.9. The van der Waals surface area contributed by atoms with Crippen LogP contribution in [0.15, 0.2) is 41.3 Å². The SMILES string of the molecule is COc1ccc([N+](=O)[O-])cc1C(=O)NCCN1C(=O)/C(=C\c2ccc3c(c2)OCO3)SC1=S. The molecule has 0 saturated carbocycles. The molecular formula is C21H17N3O7S2. The van der Waals surface area contributed by atoms with E-state index < -0.39 is 10.8 Å². The predicted molar refractivity (Wildman–Crippen MR) is 124 cm³/mol. The van der Waals surface area contributed by atoms with E-state index in [4.69, 9.17) is 26.4 Å². The van der Waals surface area contributed by atoms with Gasteiger partial charge in [0.05, 0.1) is 22.5 Å². The molecular weight excluding hydrogens is 470 g/mol. The van der Waals surface area contributed by atoms with Crippen LogP contribution in [-0.4, -0.2) is 53.0 Å². The van der Waals surface area contributed by atoms with Crippen molar-refractivity contribution in [3.05, 3.63) is 62.5 Å². The number of non-ortho nitro benzene ring substituents is 1. The molecule has 0 bridgehead atoms. The molecule has 2 aliphatic heterocycles. The number of benzene rings is 2. The Hall–Kier alpha value is -3.64. The monoisotopic (exact) mass is 487 g/mol. The van der Waals surface area contributed by atoms with Crippen molar-refractivity contribution in [1.29, 1.82) is 0 Å². The molecule has 1 saturated heterocycles. The average molecular weight is 488 g/mol. The van der Waals surface area contributed by atoms with Crippen LogP contribution in [0.25, 0.3) is 6.08 Å². The number of rotatable bonds is 7. The minimum atomic E-state index is -0.594. The van der Waals surface area contributed by atoms with Gasteiger partial charge in [-0.3, -0.25) is 24.6 Å². The number of nitrogens with zero attached hydrogens (tertiary/aromatic N) is 2. The smallest absolute Gasteiger partial charge is 0.270 e. The number of carbonyl (C=O) groups excluding carboxylic acids is 2. The molecule has 2 amide bonds. The maximum Gasteiger partial charge on any atom is 0.270 e. The van der Waals surface area contributed by atoms with Gasteiger partial charge in [-0.2, -0.15) is 0 Å². The normalized spacial score (nSPS) is 15.8. The molecule has 0 aliphatic carbocycles. The summed E-state index contributed by atoms with van der Waals surface area (Å²) < 4.78 is 16.1. The Morgan fingerprint density at radius 2 is 2.09 bits per heavy atom. The van der Waals surface area contributed by atoms with Crippen LogP contribution in [0.3, 0.4) is 0 Å². The predicted octanol–water partition coefficient (Wildman–Crippen LogP) is 2.96. The number of carbonyl (C=O) groups is 2. The zero-order chi connectivity index (χ0) is 23.5. The summed E-state index contributed by atoms with van der Waals surface area (Å²) in [7, 11) is 1.37. The molecule has 0 atom stereocenters. The van der Waals surface area contributed by atoms with Gasteiger partial charge < -0.3 is 19.5 Å². The molecule has 33 heavy (non-hydrogen) atoms. The van der Waals surface area contributed by atoms with Crippen molar-refractivity contribution in [2.45, 2.75) is 0 Å². The van der Waals surface area contributed by atoms with Crippen molar-refractivity contribution in [3.8, 4) is 17.2 Å². The van der Waals surface area contributed by atoms with E-state index in [2.05, 4.69) is 5.32 Å². The van der Waals surface area contributed by atoms with Crippen LogP contribution >= 0.6 is 24.0 Å². The van der Waals surface area contributed by atoms with Gasteiger partial charge in [0.2, 0.25) is 6.79 Å². The fraction of sp³-hybridized carbons (Fsp3) is 0.190. The Balaban J connectivity index is 1.40. The lowest BCUT2D eigenvalue weighted by Gasteiger charge is -2.15. The molecule has 0 unspecified atom stereocenters. The zero-order valence-corrected chi connectivity index (χ0v) is 18.9. The van der Waals surface area contributed by atoms with Crippen molar-refractivity contribution < 1.29 is 28.7 Å². The van der Waals surface area contributed by atoms with Gasteiger partial charge in [-0.1, -0.05) is 30.0 Å². The first kappa shape index (κ1) is 22.6. The number of thiocarbonyl (C=S) groups is 1. The molecule has 170 valence electrons. The third-order valence-corrected chi connectivity index (χ3v) is 6.21. The van der Waals surface area contributed by atoms with Gasteiger partial charge in [-0.25, -0.2) is 0 Å². The third kappa shape index (κ3) is 4.76. The molecule has 0 aromatic heterocycles. The Labute approximate surface area is 197 Å². The summed E-state index contributed by atoms with van der Waals surface area (Å²) in [5, 5.41) is 13.7. The number of nitro benzene ring substituents is 1. The molecule has 2 aliphatic rings. The summed E-state index contributed by atoms with van der Waals surface area (Å²) in [5.41, 5.74) is 0.567. The summed E-state index contributed by atoms with van der Waals surface area (Å²) in [6.07, 6.45) is 1.72. The number of ether oxygens (including phenoxy) is 3. The quantitative estimate of drug-likeness (QED) is 0.272. The first-order chi connectivity index (χ1) is 15.9. The molecule has 1 N–H and O–H groups in total. The molecule has 4 rings (SSSR count). The maximum atomic E-state index is 12.8. The van der Waals surface area contributed by atoms with Crippen molar-refractivity contribution in [1.82, 2.24) is 10.2 Å². The van der Waals surface area contributed by atoms with Gasteiger partial charge in [0.15, 0.2) is 11.5 Å². The van der Waals surface area contributed by atoms with Gasteiger partial charge in [0.1, 0.15) is 10.1 Å². The van der Waals surface area contributed by atoms with Crippen LogP contribution in [0, 0.1) is 10.1 Å². The Morgan fingerprint density at radius 1 is 1.30 bits per heavy atom. The van der Waals surface area contributed by atoms with Crippen LogP contribution in [0.1, 0.15) is 15.9 Å². The maximum absolute atomic E-state index is 12.8. The minimum Gasteiger partial charge on any atom is -0.496 e. The van der Waals surface area contributed by atoms with Crippen molar-refractivity contribution in [3.63, 3.8) is 0 Å². The number of methoxy groups -OCH3 is 1. The zero-order valence-electron chi connectivity index (χ0n) is 17.2. The van der Waals surface area contributed by atoms with Crippen molar-refractivity contribution in [2.75, 3.05) is 27.0 Å². The van der Waals surface area contributed by atoms with Crippen LogP contribution in [-0.2, 0) is 4.79 Å². The second kappa shape index (κ2) is 9.46. The summed E-state index contributed by atoms with van der Waals surface area (Å²) in [6, 6.07) is 9.11. The summed E-state index contributed by atoms with van der Waals surface area (Å²) in [5.74, 6) is 0.631. The highest BCUT2D eigenvalue weighted by atomic mass is 32.2. The van der Waals surface area contributed by atoms with E-state index in [1.54, 1.807) is 18.2 Å². The Kier molecular flexibility index (Phi) is 6.47. The number of nitro groups is 1. The number of thioether (sulfide) groups is 1.